The standard InChI is InChI=1S/C19H17NO2/c1-14(21)18-13-20(16-10-6-3-7-11-16)19(22)12-17(18)15-8-4-2-5-9-15/h2-11,13,17H,12H2,1H3/t17-/m1/s1. The molecule has 0 bridgehead atoms. The van der Waals surface area contributed by atoms with E-state index in [2.05, 4.69) is 0 Å². The van der Waals surface area contributed by atoms with Crippen molar-refractivity contribution in [1.29, 1.82) is 0 Å². The van der Waals surface area contributed by atoms with Crippen molar-refractivity contribution in [3.63, 3.8) is 0 Å². The first kappa shape index (κ1) is 14.3. The second-order valence-electron chi connectivity index (χ2n) is 5.41. The van der Waals surface area contributed by atoms with E-state index in [9.17, 15) is 9.59 Å². The number of nitrogens with zero attached hydrogens (tertiary/aromatic N) is 1. The minimum absolute atomic E-state index is 0.00211. The van der Waals surface area contributed by atoms with Crippen LogP contribution in [0, 0.1) is 0 Å². The van der Waals surface area contributed by atoms with Gasteiger partial charge < -0.3 is 0 Å². The van der Waals surface area contributed by atoms with Gasteiger partial charge in [-0.05, 0) is 24.6 Å². The third-order valence-corrected chi connectivity index (χ3v) is 3.93. The molecule has 2 aromatic carbocycles. The zero-order valence-electron chi connectivity index (χ0n) is 12.4. The molecule has 0 unspecified atom stereocenters. The van der Waals surface area contributed by atoms with E-state index in [1.54, 1.807) is 18.0 Å². The lowest BCUT2D eigenvalue weighted by Gasteiger charge is -2.30. The molecule has 3 nitrogen and oxygen atoms in total. The van der Waals surface area contributed by atoms with E-state index in [0.29, 0.717) is 12.0 Å². The van der Waals surface area contributed by atoms with Crippen molar-refractivity contribution in [3.05, 3.63) is 78.0 Å². The molecular formula is C19H17NO2. The predicted molar refractivity (Wildman–Crippen MR) is 86.5 cm³/mol. The summed E-state index contributed by atoms with van der Waals surface area (Å²) in [6.45, 7) is 1.56. The maximum absolute atomic E-state index is 12.5. The highest BCUT2D eigenvalue weighted by Gasteiger charge is 2.31. The Morgan fingerprint density at radius 3 is 2.18 bits per heavy atom. The number of ketones is 1. The molecule has 0 saturated carbocycles. The molecule has 0 saturated heterocycles. The van der Waals surface area contributed by atoms with Gasteiger partial charge in [0, 0.05) is 29.8 Å². The maximum atomic E-state index is 12.5. The fourth-order valence-electron chi connectivity index (χ4n) is 2.81. The van der Waals surface area contributed by atoms with E-state index in [-0.39, 0.29) is 17.6 Å². The highest BCUT2D eigenvalue weighted by Crippen LogP contribution is 2.34. The Bertz CT molecular complexity index is 720. The molecule has 1 heterocycles. The molecule has 1 aliphatic rings. The molecule has 1 atom stereocenters. The lowest BCUT2D eigenvalue weighted by atomic mass is 9.84. The van der Waals surface area contributed by atoms with Gasteiger partial charge in [-0.15, -0.1) is 0 Å². The minimum atomic E-state index is -0.161. The molecule has 0 spiro atoms. The summed E-state index contributed by atoms with van der Waals surface area (Å²) in [6.07, 6.45) is 2.01. The Morgan fingerprint density at radius 2 is 1.59 bits per heavy atom. The second kappa shape index (κ2) is 5.98. The Balaban J connectivity index is 2.03. The summed E-state index contributed by atoms with van der Waals surface area (Å²) >= 11 is 0. The number of hydrogen-bond donors (Lipinski definition) is 0. The number of carbonyl (C=O) groups excluding carboxylic acids is 2. The average molecular weight is 291 g/mol. The van der Waals surface area contributed by atoms with Crippen molar-refractivity contribution in [1.82, 2.24) is 0 Å². The van der Waals surface area contributed by atoms with Crippen LogP contribution in [0.1, 0.15) is 24.8 Å². The number of amides is 1. The Labute approximate surface area is 129 Å². The predicted octanol–water partition coefficient (Wildman–Crippen LogP) is 3.68. The van der Waals surface area contributed by atoms with Gasteiger partial charge in [-0.3, -0.25) is 14.5 Å². The molecule has 0 radical (unpaired) electrons. The lowest BCUT2D eigenvalue weighted by molar-refractivity contribution is -0.119. The molecule has 3 heteroatoms. The van der Waals surface area contributed by atoms with E-state index in [0.717, 1.165) is 11.3 Å². The molecule has 2 aromatic rings. The summed E-state index contributed by atoms with van der Waals surface area (Å²) in [5.41, 5.74) is 2.47. The molecule has 1 aliphatic heterocycles. The number of hydrogen-bond acceptors (Lipinski definition) is 2. The molecule has 110 valence electrons. The van der Waals surface area contributed by atoms with Crippen LogP contribution in [-0.4, -0.2) is 11.7 Å². The minimum Gasteiger partial charge on any atom is -0.295 e. The van der Waals surface area contributed by atoms with E-state index < -0.39 is 0 Å². The van der Waals surface area contributed by atoms with Crippen LogP contribution in [0.3, 0.4) is 0 Å². The fourth-order valence-corrected chi connectivity index (χ4v) is 2.81. The number of Topliss-reactive ketones (excluding diaryl/α,β-unsaturated/α-hetero) is 1. The van der Waals surface area contributed by atoms with E-state index in [1.807, 2.05) is 60.7 Å². The molecule has 3 rings (SSSR count). The van der Waals surface area contributed by atoms with Gasteiger partial charge in [0.15, 0.2) is 5.78 Å². The number of rotatable bonds is 3. The maximum Gasteiger partial charge on any atom is 0.232 e. The van der Waals surface area contributed by atoms with E-state index >= 15 is 0 Å². The highest BCUT2D eigenvalue weighted by molar-refractivity contribution is 6.04. The number of carbonyl (C=O) groups is 2. The Morgan fingerprint density at radius 1 is 1.00 bits per heavy atom. The first-order chi connectivity index (χ1) is 10.7. The van der Waals surface area contributed by atoms with Gasteiger partial charge in [-0.1, -0.05) is 48.5 Å². The van der Waals surface area contributed by atoms with Crippen LogP contribution in [0.15, 0.2) is 72.4 Å². The molecule has 0 N–H and O–H groups in total. The van der Waals surface area contributed by atoms with Gasteiger partial charge in [0.1, 0.15) is 0 Å². The van der Waals surface area contributed by atoms with Crippen molar-refractivity contribution in [3.8, 4) is 0 Å². The number of allylic oxidation sites excluding steroid dienone is 1. The zero-order chi connectivity index (χ0) is 15.5. The lowest BCUT2D eigenvalue weighted by Crippen LogP contribution is -2.33. The second-order valence-corrected chi connectivity index (χ2v) is 5.41. The first-order valence-corrected chi connectivity index (χ1v) is 7.31. The third-order valence-electron chi connectivity index (χ3n) is 3.93. The largest absolute Gasteiger partial charge is 0.295 e. The molecule has 0 aromatic heterocycles. The van der Waals surface area contributed by atoms with Crippen LogP contribution in [0.5, 0.6) is 0 Å². The van der Waals surface area contributed by atoms with E-state index in [1.165, 1.54) is 0 Å². The molecule has 1 amide bonds. The molecular weight excluding hydrogens is 274 g/mol. The fraction of sp³-hybridized carbons (Fsp3) is 0.158. The Kier molecular flexibility index (Phi) is 3.88. The van der Waals surface area contributed by atoms with Crippen LogP contribution in [0.2, 0.25) is 0 Å². The highest BCUT2D eigenvalue weighted by atomic mass is 16.2. The van der Waals surface area contributed by atoms with Crippen molar-refractivity contribution < 1.29 is 9.59 Å². The number of anilines is 1. The van der Waals surface area contributed by atoms with Crippen molar-refractivity contribution in [2.45, 2.75) is 19.3 Å². The monoisotopic (exact) mass is 291 g/mol. The summed E-state index contributed by atoms with van der Waals surface area (Å²) < 4.78 is 0. The summed E-state index contributed by atoms with van der Waals surface area (Å²) in [5.74, 6) is -0.154. The van der Waals surface area contributed by atoms with Crippen molar-refractivity contribution in [2.24, 2.45) is 0 Å². The normalized spacial score (nSPS) is 18.0. The van der Waals surface area contributed by atoms with Gasteiger partial charge in [-0.2, -0.15) is 0 Å². The van der Waals surface area contributed by atoms with Crippen LogP contribution < -0.4 is 4.90 Å². The summed E-state index contributed by atoms with van der Waals surface area (Å²) in [7, 11) is 0. The van der Waals surface area contributed by atoms with Gasteiger partial charge in [0.2, 0.25) is 5.91 Å². The smallest absolute Gasteiger partial charge is 0.232 e. The molecule has 22 heavy (non-hydrogen) atoms. The quantitative estimate of drug-likeness (QED) is 0.865. The van der Waals surface area contributed by atoms with Crippen LogP contribution in [0.25, 0.3) is 0 Å². The van der Waals surface area contributed by atoms with Crippen LogP contribution in [0.4, 0.5) is 5.69 Å². The number of para-hydroxylation sites is 1. The third kappa shape index (κ3) is 2.70. The van der Waals surface area contributed by atoms with Crippen LogP contribution >= 0.6 is 0 Å². The molecule has 0 aliphatic carbocycles. The van der Waals surface area contributed by atoms with Gasteiger partial charge in [0.25, 0.3) is 0 Å². The van der Waals surface area contributed by atoms with Crippen molar-refractivity contribution in [2.75, 3.05) is 4.90 Å². The topological polar surface area (TPSA) is 37.4 Å². The zero-order valence-corrected chi connectivity index (χ0v) is 12.4. The first-order valence-electron chi connectivity index (χ1n) is 7.31. The SMILES string of the molecule is CC(=O)C1=CN(c2ccccc2)C(=O)C[C@@H]1c1ccccc1. The summed E-state index contributed by atoms with van der Waals surface area (Å²) in [6, 6.07) is 19.1. The molecule has 0 fully saturated rings. The van der Waals surface area contributed by atoms with Gasteiger partial charge >= 0.3 is 0 Å². The van der Waals surface area contributed by atoms with Crippen molar-refractivity contribution >= 4 is 17.4 Å². The summed E-state index contributed by atoms with van der Waals surface area (Å²) in [4.78, 5) is 26.2. The van der Waals surface area contributed by atoms with Crippen LogP contribution in [-0.2, 0) is 9.59 Å². The van der Waals surface area contributed by atoms with Gasteiger partial charge in [-0.25, -0.2) is 0 Å². The summed E-state index contributed by atoms with van der Waals surface area (Å²) in [5, 5.41) is 0. The average Bonchev–Trinajstić information content (AvgIpc) is 2.56. The number of benzene rings is 2. The van der Waals surface area contributed by atoms with Gasteiger partial charge in [0.05, 0.1) is 0 Å². The Hall–Kier alpha value is -2.68. The van der Waals surface area contributed by atoms with E-state index in [4.69, 9.17) is 0 Å².